The third kappa shape index (κ3) is 7.57. The van der Waals surface area contributed by atoms with Crippen LogP contribution in [0.5, 0.6) is 5.75 Å². The zero-order valence-corrected chi connectivity index (χ0v) is 20.6. The Hall–Kier alpha value is -3.34. The first-order chi connectivity index (χ1) is 16.3. The highest BCUT2D eigenvalue weighted by Gasteiger charge is 2.20. The van der Waals surface area contributed by atoms with Gasteiger partial charge in [0.05, 0.1) is 13.2 Å². The monoisotopic (exact) mass is 523 g/mol. The number of nitrogens with two attached hydrogens (primary N) is 1. The smallest absolute Gasteiger partial charge is 0.257 e. The zero-order valence-electron chi connectivity index (χ0n) is 19.1. The van der Waals surface area contributed by atoms with Gasteiger partial charge in [-0.1, -0.05) is 23.7 Å². The Labute approximate surface area is 214 Å². The van der Waals surface area contributed by atoms with Crippen molar-refractivity contribution in [3.8, 4) is 5.75 Å². The van der Waals surface area contributed by atoms with Crippen molar-refractivity contribution >= 4 is 47.6 Å². The van der Waals surface area contributed by atoms with E-state index in [0.717, 1.165) is 0 Å². The molecule has 5 N–H and O–H groups in total. The van der Waals surface area contributed by atoms with Crippen LogP contribution in [0.25, 0.3) is 0 Å². The van der Waals surface area contributed by atoms with Gasteiger partial charge in [-0.25, -0.2) is 0 Å². The van der Waals surface area contributed by atoms with Crippen molar-refractivity contribution in [2.45, 2.75) is 6.54 Å². The highest BCUT2D eigenvalue weighted by atomic mass is 35.5. The van der Waals surface area contributed by atoms with Gasteiger partial charge >= 0.3 is 0 Å². The Bertz CT molecular complexity index is 1110. The number of likely N-dealkylation sites (N-methyl/N-ethyl adjacent to an activating group) is 1. The first kappa shape index (κ1) is 27.9. The van der Waals surface area contributed by atoms with E-state index in [1.54, 1.807) is 17.0 Å². The lowest BCUT2D eigenvalue weighted by molar-refractivity contribution is -0.122. The number of nitrogens with zero attached hydrogens (tertiary/aromatic N) is 1. The summed E-state index contributed by atoms with van der Waals surface area (Å²) in [6, 6.07) is 9.32. The van der Waals surface area contributed by atoms with Gasteiger partial charge in [0.15, 0.2) is 6.61 Å². The molecule has 2 aromatic rings. The van der Waals surface area contributed by atoms with Crippen LogP contribution in [-0.4, -0.2) is 68.4 Å². The number of hydrogen-bond acceptors (Lipinski definition) is 6. The molecule has 3 amide bonds. The molecule has 12 heteroatoms. The summed E-state index contributed by atoms with van der Waals surface area (Å²) in [6.45, 7) is 1.71. The van der Waals surface area contributed by atoms with Crippen molar-refractivity contribution in [1.82, 2.24) is 15.5 Å². The SMILES string of the molecule is CNC(=O)COc1cc(C(=N)N)ccc1CNC(=O)c1cc(Cl)cc(C(=O)N2CCOCC2)c1.Cl. The van der Waals surface area contributed by atoms with Crippen LogP contribution < -0.4 is 21.1 Å². The highest BCUT2D eigenvalue weighted by molar-refractivity contribution is 6.31. The lowest BCUT2D eigenvalue weighted by Gasteiger charge is -2.27. The molecule has 3 rings (SSSR count). The number of benzene rings is 2. The molecule has 35 heavy (non-hydrogen) atoms. The average Bonchev–Trinajstić information content (AvgIpc) is 2.85. The van der Waals surface area contributed by atoms with Crippen LogP contribution in [0.2, 0.25) is 5.02 Å². The van der Waals surface area contributed by atoms with E-state index in [1.807, 2.05) is 0 Å². The fraction of sp³-hybridized carbons (Fsp3) is 0.304. The molecule has 0 unspecified atom stereocenters. The van der Waals surface area contributed by atoms with Crippen LogP contribution in [0.1, 0.15) is 31.8 Å². The van der Waals surface area contributed by atoms with Gasteiger partial charge in [0.2, 0.25) is 0 Å². The number of hydrogen-bond donors (Lipinski definition) is 4. The van der Waals surface area contributed by atoms with Gasteiger partial charge < -0.3 is 30.7 Å². The first-order valence-corrected chi connectivity index (χ1v) is 10.9. The van der Waals surface area contributed by atoms with Crippen LogP contribution in [-0.2, 0) is 16.1 Å². The van der Waals surface area contributed by atoms with Gasteiger partial charge in [-0.05, 0) is 24.3 Å². The van der Waals surface area contributed by atoms with Crippen molar-refractivity contribution in [1.29, 1.82) is 5.41 Å². The summed E-state index contributed by atoms with van der Waals surface area (Å²) < 4.78 is 10.8. The average molecular weight is 524 g/mol. The summed E-state index contributed by atoms with van der Waals surface area (Å²) in [7, 11) is 1.49. The summed E-state index contributed by atoms with van der Waals surface area (Å²) >= 11 is 6.19. The van der Waals surface area contributed by atoms with Crippen LogP contribution in [0.4, 0.5) is 0 Å². The Kier molecular flexibility index (Phi) is 10.3. The van der Waals surface area contributed by atoms with E-state index in [2.05, 4.69) is 10.6 Å². The normalized spacial score (nSPS) is 12.8. The molecule has 1 fully saturated rings. The van der Waals surface area contributed by atoms with Crippen LogP contribution in [0.3, 0.4) is 0 Å². The Morgan fingerprint density at radius 2 is 1.80 bits per heavy atom. The van der Waals surface area contributed by atoms with E-state index >= 15 is 0 Å². The topological polar surface area (TPSA) is 147 Å². The maximum absolute atomic E-state index is 12.8. The molecule has 0 bridgehead atoms. The van der Waals surface area contributed by atoms with Gasteiger partial charge in [-0.15, -0.1) is 12.4 Å². The summed E-state index contributed by atoms with van der Waals surface area (Å²) in [6.07, 6.45) is 0. The van der Waals surface area contributed by atoms with Gasteiger partial charge in [0, 0.05) is 54.0 Å². The quantitative estimate of drug-likeness (QED) is 0.305. The lowest BCUT2D eigenvalue weighted by Crippen LogP contribution is -2.40. The highest BCUT2D eigenvalue weighted by Crippen LogP contribution is 2.22. The summed E-state index contributed by atoms with van der Waals surface area (Å²) in [5, 5.41) is 13.1. The van der Waals surface area contributed by atoms with E-state index in [0.29, 0.717) is 48.7 Å². The maximum atomic E-state index is 12.8. The zero-order chi connectivity index (χ0) is 24.7. The molecule has 0 radical (unpaired) electrons. The predicted octanol–water partition coefficient (Wildman–Crippen LogP) is 1.57. The largest absolute Gasteiger partial charge is 0.483 e. The van der Waals surface area contributed by atoms with E-state index < -0.39 is 5.91 Å². The predicted molar refractivity (Wildman–Crippen MR) is 134 cm³/mol. The molecule has 188 valence electrons. The van der Waals surface area contributed by atoms with Crippen molar-refractivity contribution in [3.63, 3.8) is 0 Å². The molecule has 10 nitrogen and oxygen atoms in total. The second kappa shape index (κ2) is 12.9. The van der Waals surface area contributed by atoms with Crippen LogP contribution >= 0.6 is 24.0 Å². The lowest BCUT2D eigenvalue weighted by atomic mass is 10.1. The molecule has 2 aromatic carbocycles. The number of nitrogen functional groups attached to an aromatic ring is 1. The van der Waals surface area contributed by atoms with E-state index in [-0.39, 0.29) is 53.8 Å². The van der Waals surface area contributed by atoms with E-state index in [4.69, 9.17) is 32.2 Å². The molecule has 1 saturated heterocycles. The number of carbonyl (C=O) groups is 3. The third-order valence-electron chi connectivity index (χ3n) is 5.16. The number of nitrogens with one attached hydrogen (secondary N) is 3. The number of rotatable bonds is 8. The standard InChI is InChI=1S/C23H26ClN5O5.ClH/c1-27-20(30)13-34-19-11-14(21(25)26)2-3-15(19)12-28-22(31)16-8-17(10-18(24)9-16)23(32)29-4-6-33-7-5-29;/h2-3,8-11H,4-7,12-13H2,1H3,(H3,25,26)(H,27,30)(H,28,31);1H. The van der Waals surface area contributed by atoms with Gasteiger partial charge in [-0.3, -0.25) is 19.8 Å². The van der Waals surface area contributed by atoms with Crippen LogP contribution in [0, 0.1) is 5.41 Å². The number of amidine groups is 1. The van der Waals surface area contributed by atoms with Crippen molar-refractivity contribution < 1.29 is 23.9 Å². The second-order valence-corrected chi connectivity index (χ2v) is 7.95. The molecular formula is C23H27Cl2N5O5. The fourth-order valence-electron chi connectivity index (χ4n) is 3.29. The van der Waals surface area contributed by atoms with Crippen LogP contribution in [0.15, 0.2) is 36.4 Å². The van der Waals surface area contributed by atoms with Gasteiger partial charge in [0.1, 0.15) is 11.6 Å². The Morgan fingerprint density at radius 3 is 2.46 bits per heavy atom. The number of morpholine rings is 1. The van der Waals surface area contributed by atoms with E-state index in [1.165, 1.54) is 31.3 Å². The number of halogens is 2. The van der Waals surface area contributed by atoms with Gasteiger partial charge in [-0.2, -0.15) is 0 Å². The fourth-order valence-corrected chi connectivity index (χ4v) is 3.52. The molecular weight excluding hydrogens is 497 g/mol. The Morgan fingerprint density at radius 1 is 1.11 bits per heavy atom. The molecule has 1 heterocycles. The van der Waals surface area contributed by atoms with Crippen molar-refractivity contribution in [2.24, 2.45) is 5.73 Å². The molecule has 0 aromatic heterocycles. The summed E-state index contributed by atoms with van der Waals surface area (Å²) in [5.41, 5.74) is 7.10. The van der Waals surface area contributed by atoms with E-state index in [9.17, 15) is 14.4 Å². The number of carbonyl (C=O) groups excluding carboxylic acids is 3. The molecule has 0 saturated carbocycles. The maximum Gasteiger partial charge on any atom is 0.257 e. The minimum atomic E-state index is -0.438. The molecule has 0 spiro atoms. The molecule has 1 aliphatic rings. The Balaban J connectivity index is 0.00000432. The molecule has 0 aliphatic carbocycles. The molecule has 1 aliphatic heterocycles. The van der Waals surface area contributed by atoms with Crippen molar-refractivity contribution in [2.75, 3.05) is 40.0 Å². The third-order valence-corrected chi connectivity index (χ3v) is 5.38. The first-order valence-electron chi connectivity index (χ1n) is 10.5. The summed E-state index contributed by atoms with van der Waals surface area (Å²) in [5.74, 6) is -0.835. The number of amides is 3. The minimum Gasteiger partial charge on any atom is -0.483 e. The summed E-state index contributed by atoms with van der Waals surface area (Å²) in [4.78, 5) is 38.9. The van der Waals surface area contributed by atoms with Gasteiger partial charge in [0.25, 0.3) is 17.7 Å². The number of ether oxygens (including phenoxy) is 2. The minimum absolute atomic E-state index is 0. The molecule has 0 atom stereocenters. The second-order valence-electron chi connectivity index (χ2n) is 7.51. The van der Waals surface area contributed by atoms with Crippen molar-refractivity contribution in [3.05, 3.63) is 63.7 Å².